The van der Waals surface area contributed by atoms with Gasteiger partial charge >= 0.3 is 0 Å². The number of nitrogens with one attached hydrogen (secondary N) is 1. The van der Waals surface area contributed by atoms with Crippen LogP contribution in [0.15, 0.2) is 29.8 Å². The van der Waals surface area contributed by atoms with Gasteiger partial charge in [-0.1, -0.05) is 17.7 Å². The Morgan fingerprint density at radius 2 is 2.32 bits per heavy atom. The Labute approximate surface area is 118 Å². The molecule has 0 aliphatic heterocycles. The van der Waals surface area contributed by atoms with Gasteiger partial charge in [0, 0.05) is 11.6 Å². The summed E-state index contributed by atoms with van der Waals surface area (Å²) >= 11 is 7.33. The molecule has 0 fully saturated rings. The molecule has 0 bridgehead atoms. The molecule has 19 heavy (non-hydrogen) atoms. The first kappa shape index (κ1) is 12.4. The smallest absolute Gasteiger partial charge is 0.194 e. The SMILES string of the molecule is Cc1nc2sccn2c1CNc1cccc(Cl)c1F. The lowest BCUT2D eigenvalue weighted by Gasteiger charge is -2.08. The molecule has 1 aromatic carbocycles. The first-order chi connectivity index (χ1) is 9.16. The number of hydrogen-bond donors (Lipinski definition) is 1. The van der Waals surface area contributed by atoms with Gasteiger partial charge in [-0.15, -0.1) is 11.3 Å². The summed E-state index contributed by atoms with van der Waals surface area (Å²) in [6.45, 7) is 2.45. The molecule has 2 aromatic heterocycles. The van der Waals surface area contributed by atoms with E-state index >= 15 is 0 Å². The predicted molar refractivity (Wildman–Crippen MR) is 76.5 cm³/mol. The predicted octanol–water partition coefficient (Wildman–Crippen LogP) is 4.11. The number of thiazole rings is 1. The summed E-state index contributed by atoms with van der Waals surface area (Å²) in [5, 5.41) is 5.16. The van der Waals surface area contributed by atoms with Crippen LogP contribution in [0.3, 0.4) is 0 Å². The number of aromatic nitrogens is 2. The van der Waals surface area contributed by atoms with Crippen LogP contribution in [0.1, 0.15) is 11.4 Å². The van der Waals surface area contributed by atoms with E-state index in [4.69, 9.17) is 11.6 Å². The molecule has 0 spiro atoms. The number of hydrogen-bond acceptors (Lipinski definition) is 3. The summed E-state index contributed by atoms with van der Waals surface area (Å²) in [6, 6.07) is 4.92. The van der Waals surface area contributed by atoms with Crippen LogP contribution in [0.2, 0.25) is 5.02 Å². The number of rotatable bonds is 3. The zero-order chi connectivity index (χ0) is 13.4. The van der Waals surface area contributed by atoms with Gasteiger partial charge in [0.1, 0.15) is 0 Å². The Kier molecular flexibility index (Phi) is 3.16. The lowest BCUT2D eigenvalue weighted by atomic mass is 10.3. The molecule has 1 N–H and O–H groups in total. The third kappa shape index (κ3) is 2.19. The number of imidazole rings is 1. The van der Waals surface area contributed by atoms with Crippen molar-refractivity contribution in [2.75, 3.05) is 5.32 Å². The van der Waals surface area contributed by atoms with Crippen LogP contribution in [-0.4, -0.2) is 9.38 Å². The summed E-state index contributed by atoms with van der Waals surface area (Å²) in [5.74, 6) is -0.423. The first-order valence-electron chi connectivity index (χ1n) is 5.75. The van der Waals surface area contributed by atoms with Gasteiger partial charge in [-0.3, -0.25) is 4.40 Å². The maximum atomic E-state index is 13.8. The van der Waals surface area contributed by atoms with Gasteiger partial charge < -0.3 is 5.32 Å². The summed E-state index contributed by atoms with van der Waals surface area (Å²) in [5.41, 5.74) is 2.37. The Bertz CT molecular complexity index is 735. The van der Waals surface area contributed by atoms with Gasteiger partial charge in [-0.05, 0) is 19.1 Å². The van der Waals surface area contributed by atoms with Crippen molar-refractivity contribution in [3.63, 3.8) is 0 Å². The van der Waals surface area contributed by atoms with Crippen molar-refractivity contribution < 1.29 is 4.39 Å². The van der Waals surface area contributed by atoms with Gasteiger partial charge in [0.05, 0.1) is 28.6 Å². The second-order valence-electron chi connectivity index (χ2n) is 4.15. The van der Waals surface area contributed by atoms with E-state index in [1.165, 1.54) is 6.07 Å². The van der Waals surface area contributed by atoms with E-state index in [1.807, 2.05) is 22.9 Å². The van der Waals surface area contributed by atoms with Crippen LogP contribution in [-0.2, 0) is 6.54 Å². The minimum Gasteiger partial charge on any atom is -0.377 e. The number of benzene rings is 1. The van der Waals surface area contributed by atoms with E-state index in [9.17, 15) is 4.39 Å². The Hall–Kier alpha value is -1.59. The molecule has 3 rings (SSSR count). The normalized spacial score (nSPS) is 11.1. The molecule has 0 unspecified atom stereocenters. The first-order valence-corrected chi connectivity index (χ1v) is 7.01. The van der Waals surface area contributed by atoms with E-state index in [0.29, 0.717) is 12.2 Å². The van der Waals surface area contributed by atoms with Gasteiger partial charge in [-0.25, -0.2) is 9.37 Å². The van der Waals surface area contributed by atoms with Crippen molar-refractivity contribution >= 4 is 33.6 Å². The lowest BCUT2D eigenvalue weighted by Crippen LogP contribution is -2.05. The van der Waals surface area contributed by atoms with Crippen molar-refractivity contribution in [2.45, 2.75) is 13.5 Å². The molecule has 3 aromatic rings. The van der Waals surface area contributed by atoms with Gasteiger partial charge in [0.25, 0.3) is 0 Å². The van der Waals surface area contributed by atoms with Gasteiger partial charge in [0.2, 0.25) is 0 Å². The van der Waals surface area contributed by atoms with Crippen LogP contribution in [0.5, 0.6) is 0 Å². The van der Waals surface area contributed by atoms with E-state index in [1.54, 1.807) is 23.5 Å². The number of halogens is 2. The number of aryl methyl sites for hydroxylation is 1. The molecule has 0 aliphatic rings. The average Bonchev–Trinajstić information content (AvgIpc) is 2.93. The van der Waals surface area contributed by atoms with Crippen molar-refractivity contribution in [1.82, 2.24) is 9.38 Å². The van der Waals surface area contributed by atoms with Crippen molar-refractivity contribution in [1.29, 1.82) is 0 Å². The molecule has 0 saturated heterocycles. The van der Waals surface area contributed by atoms with Crippen molar-refractivity contribution in [2.24, 2.45) is 0 Å². The van der Waals surface area contributed by atoms with E-state index < -0.39 is 5.82 Å². The highest BCUT2D eigenvalue weighted by molar-refractivity contribution is 7.15. The fraction of sp³-hybridized carbons (Fsp3) is 0.154. The van der Waals surface area contributed by atoms with Crippen LogP contribution in [0.4, 0.5) is 10.1 Å². The molecule has 98 valence electrons. The Morgan fingerprint density at radius 3 is 3.16 bits per heavy atom. The maximum Gasteiger partial charge on any atom is 0.194 e. The van der Waals surface area contributed by atoms with Crippen LogP contribution in [0, 0.1) is 12.7 Å². The molecule has 0 amide bonds. The topological polar surface area (TPSA) is 29.3 Å². The molecule has 6 heteroatoms. The highest BCUT2D eigenvalue weighted by atomic mass is 35.5. The summed E-state index contributed by atoms with van der Waals surface area (Å²) < 4.78 is 15.8. The monoisotopic (exact) mass is 295 g/mol. The third-order valence-corrected chi connectivity index (χ3v) is 4.01. The maximum absolute atomic E-state index is 13.8. The van der Waals surface area contributed by atoms with E-state index in [0.717, 1.165) is 16.3 Å². The van der Waals surface area contributed by atoms with E-state index in [2.05, 4.69) is 10.3 Å². The summed E-state index contributed by atoms with van der Waals surface area (Å²) in [6.07, 6.45) is 1.96. The Morgan fingerprint density at radius 1 is 1.47 bits per heavy atom. The molecule has 0 aliphatic carbocycles. The summed E-state index contributed by atoms with van der Waals surface area (Å²) in [7, 11) is 0. The van der Waals surface area contributed by atoms with Crippen LogP contribution >= 0.6 is 22.9 Å². The molecule has 0 atom stereocenters. The summed E-state index contributed by atoms with van der Waals surface area (Å²) in [4.78, 5) is 5.39. The Balaban J connectivity index is 1.88. The minimum atomic E-state index is -0.423. The highest BCUT2D eigenvalue weighted by Gasteiger charge is 2.11. The molecule has 0 saturated carbocycles. The van der Waals surface area contributed by atoms with Crippen LogP contribution in [0.25, 0.3) is 4.96 Å². The lowest BCUT2D eigenvalue weighted by molar-refractivity contribution is 0.630. The average molecular weight is 296 g/mol. The van der Waals surface area contributed by atoms with E-state index in [-0.39, 0.29) is 5.02 Å². The third-order valence-electron chi connectivity index (χ3n) is 2.96. The molecular formula is C13H11ClFN3S. The molecule has 0 radical (unpaired) electrons. The molecule has 2 heterocycles. The van der Waals surface area contributed by atoms with Gasteiger partial charge in [-0.2, -0.15) is 0 Å². The number of anilines is 1. The fourth-order valence-electron chi connectivity index (χ4n) is 1.97. The minimum absolute atomic E-state index is 0.121. The second kappa shape index (κ2) is 4.83. The molecular weight excluding hydrogens is 285 g/mol. The quantitative estimate of drug-likeness (QED) is 0.788. The number of nitrogens with zero attached hydrogens (tertiary/aromatic N) is 2. The zero-order valence-corrected chi connectivity index (χ0v) is 11.7. The standard InChI is InChI=1S/C13H11ClFN3S/c1-8-11(18-5-6-19-13(18)17-8)7-16-10-4-2-3-9(14)12(10)15/h2-6,16H,7H2,1H3. The van der Waals surface area contributed by atoms with Crippen LogP contribution < -0.4 is 5.32 Å². The van der Waals surface area contributed by atoms with Crippen molar-refractivity contribution in [3.8, 4) is 0 Å². The number of fused-ring (bicyclic) bond motifs is 1. The second-order valence-corrected chi connectivity index (χ2v) is 5.43. The zero-order valence-electron chi connectivity index (χ0n) is 10.2. The van der Waals surface area contributed by atoms with Crippen molar-refractivity contribution in [3.05, 3.63) is 52.0 Å². The van der Waals surface area contributed by atoms with Gasteiger partial charge in [0.15, 0.2) is 10.8 Å². The fourth-order valence-corrected chi connectivity index (χ4v) is 2.93. The molecule has 3 nitrogen and oxygen atoms in total. The largest absolute Gasteiger partial charge is 0.377 e. The highest BCUT2D eigenvalue weighted by Crippen LogP contribution is 2.23.